The van der Waals surface area contributed by atoms with E-state index < -0.39 is 6.17 Å². The average molecular weight is 153 g/mol. The number of carbonyl (C=O) groups is 1. The molecule has 1 fully saturated rings. The largest absolute Gasteiger partial charge is 0.310 e. The van der Waals surface area contributed by atoms with Gasteiger partial charge >= 0.3 is 0 Å². The van der Waals surface area contributed by atoms with E-state index in [1.807, 2.05) is 0 Å². The van der Waals surface area contributed by atoms with Crippen LogP contribution in [0.1, 0.15) is 12.8 Å². The van der Waals surface area contributed by atoms with Gasteiger partial charge in [-0.25, -0.2) is 0 Å². The molecule has 1 aliphatic rings. The third kappa shape index (κ3) is 1.56. The van der Waals surface area contributed by atoms with Gasteiger partial charge in [-0.2, -0.15) is 5.26 Å². The lowest BCUT2D eigenvalue weighted by Gasteiger charge is -2.21. The molecule has 2 N–H and O–H groups in total. The number of aldehydes is 1. The van der Waals surface area contributed by atoms with Crippen LogP contribution < -0.4 is 5.73 Å². The summed E-state index contributed by atoms with van der Waals surface area (Å²) in [6, 6.07) is 1.96. The summed E-state index contributed by atoms with van der Waals surface area (Å²) in [6.45, 7) is 0.762. The minimum atomic E-state index is -0.595. The fourth-order valence-electron chi connectivity index (χ4n) is 1.36. The van der Waals surface area contributed by atoms with Crippen molar-refractivity contribution >= 4 is 6.29 Å². The van der Waals surface area contributed by atoms with Crippen LogP contribution in [0.4, 0.5) is 0 Å². The Balaban J connectivity index is 2.57. The Morgan fingerprint density at radius 1 is 1.82 bits per heavy atom. The molecule has 1 aliphatic heterocycles. The van der Waals surface area contributed by atoms with Crippen LogP contribution in [0.25, 0.3) is 0 Å². The van der Waals surface area contributed by atoms with Crippen molar-refractivity contribution in [1.29, 1.82) is 5.26 Å². The summed E-state index contributed by atoms with van der Waals surface area (Å²) in [7, 11) is 0. The molecule has 0 spiro atoms. The molecular weight excluding hydrogens is 142 g/mol. The predicted molar refractivity (Wildman–Crippen MR) is 39.4 cm³/mol. The second-order valence-corrected chi connectivity index (χ2v) is 2.65. The van der Waals surface area contributed by atoms with Gasteiger partial charge in [0.05, 0.1) is 12.1 Å². The number of nitrogens with two attached hydrogens (primary N) is 1. The minimum Gasteiger partial charge on any atom is -0.310 e. The maximum absolute atomic E-state index is 10.3. The van der Waals surface area contributed by atoms with Crippen molar-refractivity contribution in [3.05, 3.63) is 0 Å². The Bertz CT molecular complexity index is 187. The van der Waals surface area contributed by atoms with Gasteiger partial charge in [-0.15, -0.1) is 0 Å². The predicted octanol–water partition coefficient (Wildman–Crippen LogP) is -0.542. The maximum Gasteiger partial charge on any atom is 0.151 e. The lowest BCUT2D eigenvalue weighted by molar-refractivity contribution is -0.112. The van der Waals surface area contributed by atoms with Gasteiger partial charge in [0.1, 0.15) is 6.17 Å². The first-order valence-corrected chi connectivity index (χ1v) is 3.66. The van der Waals surface area contributed by atoms with Crippen molar-refractivity contribution < 1.29 is 4.79 Å². The van der Waals surface area contributed by atoms with Crippen LogP contribution in [0.3, 0.4) is 0 Å². The maximum atomic E-state index is 10.3. The van der Waals surface area contributed by atoms with Gasteiger partial charge in [0.25, 0.3) is 0 Å². The summed E-state index contributed by atoms with van der Waals surface area (Å²) in [5.74, 6) is 0. The molecule has 2 atom stereocenters. The van der Waals surface area contributed by atoms with E-state index in [1.54, 1.807) is 4.90 Å². The van der Waals surface area contributed by atoms with E-state index in [0.29, 0.717) is 6.29 Å². The molecule has 0 saturated carbocycles. The van der Waals surface area contributed by atoms with Crippen LogP contribution in [0.15, 0.2) is 0 Å². The van der Waals surface area contributed by atoms with Crippen molar-refractivity contribution in [2.75, 3.05) is 6.54 Å². The lowest BCUT2D eigenvalue weighted by atomic mass is 10.2. The monoisotopic (exact) mass is 153 g/mol. The standard InChI is InChI=1S/C7H11N3O/c8-4-6-2-1-3-10(6)7(9)5-11/h5-7H,1-3,9H2. The molecule has 4 nitrogen and oxygen atoms in total. The SMILES string of the molecule is N#CC1CCCN1C(N)C=O. The Hall–Kier alpha value is -0.920. The van der Waals surface area contributed by atoms with E-state index in [2.05, 4.69) is 6.07 Å². The molecule has 0 aromatic carbocycles. The van der Waals surface area contributed by atoms with Crippen molar-refractivity contribution in [3.8, 4) is 6.07 Å². The van der Waals surface area contributed by atoms with Crippen LogP contribution in [0, 0.1) is 11.3 Å². The summed E-state index contributed by atoms with van der Waals surface area (Å²) >= 11 is 0. The van der Waals surface area contributed by atoms with Crippen molar-refractivity contribution in [2.45, 2.75) is 25.0 Å². The second-order valence-electron chi connectivity index (χ2n) is 2.65. The van der Waals surface area contributed by atoms with Crippen molar-refractivity contribution in [3.63, 3.8) is 0 Å². The first-order valence-electron chi connectivity index (χ1n) is 3.66. The molecular formula is C7H11N3O. The number of rotatable bonds is 2. The van der Waals surface area contributed by atoms with E-state index in [1.165, 1.54) is 0 Å². The quantitative estimate of drug-likeness (QED) is 0.541. The summed E-state index contributed by atoms with van der Waals surface area (Å²) in [5, 5.41) is 8.62. The molecule has 60 valence electrons. The first kappa shape index (κ1) is 8.18. The smallest absolute Gasteiger partial charge is 0.151 e. The van der Waals surface area contributed by atoms with Gasteiger partial charge < -0.3 is 10.5 Å². The molecule has 0 aliphatic carbocycles. The number of nitriles is 1. The van der Waals surface area contributed by atoms with E-state index in [9.17, 15) is 4.79 Å². The van der Waals surface area contributed by atoms with Gasteiger partial charge in [-0.3, -0.25) is 4.90 Å². The highest BCUT2D eigenvalue weighted by Crippen LogP contribution is 2.16. The van der Waals surface area contributed by atoms with E-state index in [4.69, 9.17) is 11.0 Å². The summed E-state index contributed by atoms with van der Waals surface area (Å²) in [5.41, 5.74) is 5.45. The minimum absolute atomic E-state index is 0.157. The first-order chi connectivity index (χ1) is 5.29. The van der Waals surface area contributed by atoms with Gasteiger partial charge in [0, 0.05) is 6.54 Å². The Morgan fingerprint density at radius 3 is 3.09 bits per heavy atom. The average Bonchev–Trinajstić information content (AvgIpc) is 2.50. The Kier molecular flexibility index (Phi) is 2.58. The van der Waals surface area contributed by atoms with Crippen LogP contribution in [0.2, 0.25) is 0 Å². The van der Waals surface area contributed by atoms with Crippen LogP contribution in [-0.4, -0.2) is 29.9 Å². The second kappa shape index (κ2) is 3.46. The molecule has 1 saturated heterocycles. The Morgan fingerprint density at radius 2 is 2.55 bits per heavy atom. The lowest BCUT2D eigenvalue weighted by Crippen LogP contribution is -2.45. The van der Waals surface area contributed by atoms with Gasteiger partial charge in [0.15, 0.2) is 6.29 Å². The highest BCUT2D eigenvalue weighted by atomic mass is 16.1. The summed E-state index contributed by atoms with van der Waals surface area (Å²) in [6.07, 6.45) is 1.87. The molecule has 0 radical (unpaired) electrons. The molecule has 1 rings (SSSR count). The van der Waals surface area contributed by atoms with Gasteiger partial charge in [-0.1, -0.05) is 0 Å². The molecule has 4 heteroatoms. The molecule has 11 heavy (non-hydrogen) atoms. The van der Waals surface area contributed by atoms with E-state index in [-0.39, 0.29) is 6.04 Å². The summed E-state index contributed by atoms with van der Waals surface area (Å²) < 4.78 is 0. The van der Waals surface area contributed by atoms with Crippen LogP contribution in [-0.2, 0) is 4.79 Å². The zero-order valence-electron chi connectivity index (χ0n) is 6.23. The fraction of sp³-hybridized carbons (Fsp3) is 0.714. The highest BCUT2D eigenvalue weighted by Gasteiger charge is 2.27. The molecule has 1 heterocycles. The normalized spacial score (nSPS) is 27.8. The third-order valence-electron chi connectivity index (χ3n) is 1.97. The van der Waals surface area contributed by atoms with Gasteiger partial charge in [-0.05, 0) is 12.8 Å². The molecule has 0 amide bonds. The van der Waals surface area contributed by atoms with Crippen molar-refractivity contribution in [2.24, 2.45) is 5.73 Å². The number of carbonyl (C=O) groups excluding carboxylic acids is 1. The van der Waals surface area contributed by atoms with E-state index in [0.717, 1.165) is 19.4 Å². The molecule has 0 bridgehead atoms. The summed E-state index contributed by atoms with van der Waals surface area (Å²) in [4.78, 5) is 12.0. The number of hydrogen-bond donors (Lipinski definition) is 1. The molecule has 0 aromatic heterocycles. The number of likely N-dealkylation sites (tertiary alicyclic amines) is 1. The number of hydrogen-bond acceptors (Lipinski definition) is 4. The van der Waals surface area contributed by atoms with Crippen LogP contribution >= 0.6 is 0 Å². The molecule has 0 aromatic rings. The zero-order chi connectivity index (χ0) is 8.27. The third-order valence-corrected chi connectivity index (χ3v) is 1.97. The topological polar surface area (TPSA) is 70.1 Å². The zero-order valence-corrected chi connectivity index (χ0v) is 6.23. The highest BCUT2D eigenvalue weighted by molar-refractivity contribution is 5.56. The van der Waals surface area contributed by atoms with E-state index >= 15 is 0 Å². The van der Waals surface area contributed by atoms with Crippen LogP contribution in [0.5, 0.6) is 0 Å². The van der Waals surface area contributed by atoms with Crippen molar-refractivity contribution in [1.82, 2.24) is 4.90 Å². The fourth-order valence-corrected chi connectivity index (χ4v) is 1.36. The Labute approximate surface area is 65.6 Å². The van der Waals surface area contributed by atoms with Gasteiger partial charge in [0.2, 0.25) is 0 Å². The number of nitrogens with zero attached hydrogens (tertiary/aromatic N) is 2. The molecule has 2 unspecified atom stereocenters.